The second-order valence-corrected chi connectivity index (χ2v) is 6.73. The van der Waals surface area contributed by atoms with Crippen molar-refractivity contribution in [1.29, 1.82) is 0 Å². The minimum Gasteiger partial charge on any atom is -0.497 e. The van der Waals surface area contributed by atoms with E-state index in [-0.39, 0.29) is 5.91 Å². The second-order valence-electron chi connectivity index (χ2n) is 6.73. The molecule has 31 heavy (non-hydrogen) atoms. The minimum absolute atomic E-state index is 0.248. The molecule has 0 radical (unpaired) electrons. The second kappa shape index (κ2) is 9.09. The first-order chi connectivity index (χ1) is 15.2. The van der Waals surface area contributed by atoms with E-state index in [2.05, 4.69) is 10.3 Å². The van der Waals surface area contributed by atoms with Gasteiger partial charge in [0.2, 0.25) is 0 Å². The fourth-order valence-electron chi connectivity index (χ4n) is 3.10. The molecule has 0 atom stereocenters. The summed E-state index contributed by atoms with van der Waals surface area (Å²) in [6, 6.07) is 24.1. The van der Waals surface area contributed by atoms with Gasteiger partial charge >= 0.3 is 0 Å². The lowest BCUT2D eigenvalue weighted by atomic mass is 10.1. The van der Waals surface area contributed by atoms with Crippen LogP contribution >= 0.6 is 0 Å². The van der Waals surface area contributed by atoms with Crippen LogP contribution in [0.25, 0.3) is 22.5 Å². The number of anilines is 1. The summed E-state index contributed by atoms with van der Waals surface area (Å²) < 4.78 is 10.5. The maximum atomic E-state index is 12.7. The molecule has 6 heteroatoms. The van der Waals surface area contributed by atoms with Crippen molar-refractivity contribution in [3.05, 3.63) is 90.6 Å². The van der Waals surface area contributed by atoms with E-state index in [1.807, 2.05) is 66.7 Å². The van der Waals surface area contributed by atoms with Crippen molar-refractivity contribution in [2.24, 2.45) is 0 Å². The van der Waals surface area contributed by atoms with Crippen LogP contribution in [0.3, 0.4) is 0 Å². The smallest absolute Gasteiger partial charge is 0.256 e. The summed E-state index contributed by atoms with van der Waals surface area (Å²) in [6.45, 7) is 0. The van der Waals surface area contributed by atoms with Crippen LogP contribution in [0.1, 0.15) is 10.4 Å². The summed E-state index contributed by atoms with van der Waals surface area (Å²) in [4.78, 5) is 22.0. The molecule has 0 aliphatic heterocycles. The van der Waals surface area contributed by atoms with Gasteiger partial charge < -0.3 is 14.8 Å². The molecular weight excluding hydrogens is 390 g/mol. The molecule has 0 fully saturated rings. The van der Waals surface area contributed by atoms with Gasteiger partial charge in [0.1, 0.15) is 17.2 Å². The Morgan fingerprint density at radius 1 is 0.774 bits per heavy atom. The monoisotopic (exact) mass is 411 g/mol. The van der Waals surface area contributed by atoms with Crippen molar-refractivity contribution >= 4 is 11.7 Å². The van der Waals surface area contributed by atoms with Gasteiger partial charge in [0.25, 0.3) is 5.91 Å². The number of nitrogens with one attached hydrogen (secondary N) is 1. The predicted octanol–water partition coefficient (Wildman–Crippen LogP) is 5.08. The zero-order valence-corrected chi connectivity index (χ0v) is 17.2. The van der Waals surface area contributed by atoms with Crippen LogP contribution < -0.4 is 14.8 Å². The van der Waals surface area contributed by atoms with Gasteiger partial charge in [-0.3, -0.25) is 4.79 Å². The first kappa shape index (κ1) is 20.1. The standard InChI is InChI=1S/C25H21N3O3/c1-30-20-12-8-17(9-13-20)22-16-26-24(28-25(29)19-6-4-3-5-7-19)23(27-22)18-10-14-21(31-2)15-11-18/h3-16H,1-2H3,(H,26,28,29). The number of carbonyl (C=O) groups is 1. The summed E-state index contributed by atoms with van der Waals surface area (Å²) in [6.07, 6.45) is 1.65. The van der Waals surface area contributed by atoms with Crippen LogP contribution in [0.5, 0.6) is 11.5 Å². The topological polar surface area (TPSA) is 73.3 Å². The number of carbonyl (C=O) groups excluding carboxylic acids is 1. The summed E-state index contributed by atoms with van der Waals surface area (Å²) in [7, 11) is 3.24. The fourth-order valence-corrected chi connectivity index (χ4v) is 3.10. The molecule has 0 saturated heterocycles. The molecule has 4 aromatic rings. The third-order valence-electron chi connectivity index (χ3n) is 4.79. The van der Waals surface area contributed by atoms with Gasteiger partial charge in [0, 0.05) is 16.7 Å². The van der Waals surface area contributed by atoms with E-state index in [0.717, 1.165) is 22.6 Å². The van der Waals surface area contributed by atoms with Crippen LogP contribution in [0.15, 0.2) is 85.1 Å². The summed E-state index contributed by atoms with van der Waals surface area (Å²) in [5.41, 5.74) is 3.51. The van der Waals surface area contributed by atoms with E-state index >= 15 is 0 Å². The quantitative estimate of drug-likeness (QED) is 0.479. The van der Waals surface area contributed by atoms with E-state index in [1.165, 1.54) is 0 Å². The van der Waals surface area contributed by atoms with Gasteiger partial charge in [-0.25, -0.2) is 9.97 Å². The largest absolute Gasteiger partial charge is 0.497 e. The molecule has 6 nitrogen and oxygen atoms in total. The molecule has 0 aliphatic rings. The SMILES string of the molecule is COc1ccc(-c2cnc(NC(=O)c3ccccc3)c(-c3ccc(OC)cc3)n2)cc1. The maximum Gasteiger partial charge on any atom is 0.256 e. The highest BCUT2D eigenvalue weighted by molar-refractivity contribution is 6.05. The number of methoxy groups -OCH3 is 2. The van der Waals surface area contributed by atoms with E-state index < -0.39 is 0 Å². The van der Waals surface area contributed by atoms with Crippen molar-refractivity contribution in [3.63, 3.8) is 0 Å². The average molecular weight is 411 g/mol. The third kappa shape index (κ3) is 4.53. The van der Waals surface area contributed by atoms with Crippen LogP contribution in [-0.4, -0.2) is 30.1 Å². The molecule has 0 aliphatic carbocycles. The van der Waals surface area contributed by atoms with Crippen LogP contribution in [0.4, 0.5) is 5.82 Å². The minimum atomic E-state index is -0.248. The van der Waals surface area contributed by atoms with Gasteiger partial charge in [0.05, 0.1) is 26.1 Å². The van der Waals surface area contributed by atoms with Crippen LogP contribution in [0.2, 0.25) is 0 Å². The number of rotatable bonds is 6. The molecule has 1 aromatic heterocycles. The zero-order chi connectivity index (χ0) is 21.6. The fraction of sp³-hybridized carbons (Fsp3) is 0.0800. The van der Waals surface area contributed by atoms with Crippen LogP contribution in [-0.2, 0) is 0 Å². The molecular formula is C25H21N3O3. The van der Waals surface area contributed by atoms with Gasteiger partial charge in [0.15, 0.2) is 5.82 Å². The number of benzene rings is 3. The Morgan fingerprint density at radius 2 is 1.35 bits per heavy atom. The van der Waals surface area contributed by atoms with Crippen molar-refractivity contribution < 1.29 is 14.3 Å². The van der Waals surface area contributed by atoms with Crippen molar-refractivity contribution in [2.45, 2.75) is 0 Å². The average Bonchev–Trinajstić information content (AvgIpc) is 2.85. The molecule has 1 N–H and O–H groups in total. The maximum absolute atomic E-state index is 12.7. The number of amides is 1. The number of aromatic nitrogens is 2. The lowest BCUT2D eigenvalue weighted by Gasteiger charge is -2.12. The van der Waals surface area contributed by atoms with Crippen LogP contribution in [0, 0.1) is 0 Å². The van der Waals surface area contributed by atoms with Gasteiger partial charge in [-0.1, -0.05) is 18.2 Å². The highest BCUT2D eigenvalue weighted by Crippen LogP contribution is 2.30. The number of hydrogen-bond acceptors (Lipinski definition) is 5. The molecule has 0 spiro atoms. The van der Waals surface area contributed by atoms with Crippen molar-refractivity contribution in [1.82, 2.24) is 9.97 Å². The van der Waals surface area contributed by atoms with E-state index in [1.54, 1.807) is 32.5 Å². The van der Waals surface area contributed by atoms with Crippen molar-refractivity contribution in [2.75, 3.05) is 19.5 Å². The number of ether oxygens (including phenoxy) is 2. The van der Waals surface area contributed by atoms with E-state index in [9.17, 15) is 4.79 Å². The van der Waals surface area contributed by atoms with Gasteiger partial charge in [-0.05, 0) is 60.7 Å². The van der Waals surface area contributed by atoms with Crippen molar-refractivity contribution in [3.8, 4) is 34.0 Å². The number of hydrogen-bond donors (Lipinski definition) is 1. The Labute approximate surface area is 180 Å². The third-order valence-corrected chi connectivity index (χ3v) is 4.79. The Kier molecular flexibility index (Phi) is 5.89. The molecule has 3 aromatic carbocycles. The first-order valence-electron chi connectivity index (χ1n) is 9.70. The molecule has 0 saturated carbocycles. The zero-order valence-electron chi connectivity index (χ0n) is 17.2. The first-order valence-corrected chi connectivity index (χ1v) is 9.70. The molecule has 4 rings (SSSR count). The normalized spacial score (nSPS) is 10.4. The Morgan fingerprint density at radius 3 is 1.94 bits per heavy atom. The highest BCUT2D eigenvalue weighted by Gasteiger charge is 2.15. The molecule has 0 unspecified atom stereocenters. The molecule has 1 amide bonds. The van der Waals surface area contributed by atoms with E-state index in [4.69, 9.17) is 14.5 Å². The van der Waals surface area contributed by atoms with Gasteiger partial charge in [-0.2, -0.15) is 0 Å². The lowest BCUT2D eigenvalue weighted by molar-refractivity contribution is 0.102. The summed E-state index contributed by atoms with van der Waals surface area (Å²) >= 11 is 0. The van der Waals surface area contributed by atoms with Gasteiger partial charge in [-0.15, -0.1) is 0 Å². The van der Waals surface area contributed by atoms with E-state index in [0.29, 0.717) is 22.8 Å². The molecule has 0 bridgehead atoms. The summed E-state index contributed by atoms with van der Waals surface area (Å²) in [5.74, 6) is 1.63. The Hall–Kier alpha value is -4.19. The highest BCUT2D eigenvalue weighted by atomic mass is 16.5. The molecule has 1 heterocycles. The molecule has 154 valence electrons. The Bertz CT molecular complexity index is 1180. The Balaban J connectivity index is 1.74. The predicted molar refractivity (Wildman–Crippen MR) is 120 cm³/mol. The summed E-state index contributed by atoms with van der Waals surface area (Å²) in [5, 5.41) is 2.89. The lowest BCUT2D eigenvalue weighted by Crippen LogP contribution is -2.14. The number of nitrogens with zero attached hydrogens (tertiary/aromatic N) is 2.